The van der Waals surface area contributed by atoms with Crippen LogP contribution >= 0.6 is 0 Å². The number of nitrogens with zero attached hydrogens (tertiary/aromatic N) is 1. The van der Waals surface area contributed by atoms with Gasteiger partial charge in [-0.05, 0) is 133 Å². The van der Waals surface area contributed by atoms with Gasteiger partial charge in [0.25, 0.3) is 0 Å². The second kappa shape index (κ2) is 50.9. The van der Waals surface area contributed by atoms with E-state index in [0.717, 1.165) is 6.92 Å². The lowest BCUT2D eigenvalue weighted by molar-refractivity contribution is -0.141. The molecule has 2 aromatic carbocycles. The molecule has 3 aromatic rings. The molecular weight excluding hydrogens is 1480 g/mol. The Morgan fingerprint density at radius 1 is 0.425 bits per heavy atom. The monoisotopic (exact) mass is 1590 g/mol. The lowest BCUT2D eigenvalue weighted by Gasteiger charge is -2.26. The molecule has 3 rings (SSSR count). The number of benzene rings is 2. The summed E-state index contributed by atoms with van der Waals surface area (Å²) < 4.78 is 0. The number of nitrogens with one attached hydrogen (secondary N) is 15. The van der Waals surface area contributed by atoms with Crippen molar-refractivity contribution in [3.8, 4) is 5.75 Å². The number of phenols is 1. The molecule has 0 radical (unpaired) electrons. The summed E-state index contributed by atoms with van der Waals surface area (Å²) in [6.45, 7) is 2.54. The van der Waals surface area contributed by atoms with Crippen LogP contribution in [0.15, 0.2) is 67.1 Å². The fourth-order valence-electron chi connectivity index (χ4n) is 10.9. The number of aromatic amines is 1. The zero-order valence-corrected chi connectivity index (χ0v) is 63.5. The number of aliphatic hydroxyl groups is 1. The summed E-state index contributed by atoms with van der Waals surface area (Å²) in [6, 6.07) is -3.37. The van der Waals surface area contributed by atoms with Crippen LogP contribution in [0, 0.1) is 5.92 Å². The number of carboxylic acids is 2. The van der Waals surface area contributed by atoms with Crippen LogP contribution in [-0.2, 0) is 101 Å². The molecular formula is C71H109N21O21. The minimum absolute atomic E-state index is 0.00164. The van der Waals surface area contributed by atoms with Crippen molar-refractivity contribution < 1.29 is 102 Å². The first kappa shape index (κ1) is 95.4. The summed E-state index contributed by atoms with van der Waals surface area (Å²) >= 11 is 0. The van der Waals surface area contributed by atoms with Gasteiger partial charge in [-0.1, -0.05) is 56.3 Å². The van der Waals surface area contributed by atoms with Crippen LogP contribution in [0.25, 0.3) is 0 Å². The van der Waals surface area contributed by atoms with E-state index in [2.05, 4.69) is 79.1 Å². The molecule has 1 heterocycles. The zero-order valence-electron chi connectivity index (χ0n) is 63.5. The zero-order chi connectivity index (χ0) is 84.3. The number of aliphatic hydroxyl groups excluding tert-OH is 1. The molecule has 0 saturated heterocycles. The van der Waals surface area contributed by atoms with Crippen molar-refractivity contribution >= 4 is 101 Å². The number of imidazole rings is 1. The van der Waals surface area contributed by atoms with E-state index in [1.165, 1.54) is 45.4 Å². The summed E-state index contributed by atoms with van der Waals surface area (Å²) in [5, 5.41) is 72.4. The van der Waals surface area contributed by atoms with Crippen molar-refractivity contribution in [2.24, 2.45) is 34.6 Å². The smallest absolute Gasteiger partial charge is 0.322 e. The fraction of sp³-hybridized carbons (Fsp3) is 0.549. The van der Waals surface area contributed by atoms with Crippen LogP contribution in [0.3, 0.4) is 0 Å². The second-order valence-electron chi connectivity index (χ2n) is 26.9. The Morgan fingerprint density at radius 2 is 0.841 bits per heavy atom. The van der Waals surface area contributed by atoms with Gasteiger partial charge in [-0.3, -0.25) is 81.5 Å². The van der Waals surface area contributed by atoms with E-state index in [9.17, 15) is 96.8 Å². The largest absolute Gasteiger partial charge is 0.508 e. The van der Waals surface area contributed by atoms with Crippen LogP contribution < -0.4 is 103 Å². The first-order valence-corrected chi connectivity index (χ1v) is 36.7. The lowest BCUT2D eigenvalue weighted by atomic mass is 10.0. The molecule has 42 heteroatoms. The van der Waals surface area contributed by atoms with Crippen LogP contribution in [0.5, 0.6) is 5.75 Å². The van der Waals surface area contributed by atoms with Gasteiger partial charge in [0.15, 0.2) is 0 Å². The van der Waals surface area contributed by atoms with Gasteiger partial charge in [-0.2, -0.15) is 0 Å². The minimum atomic E-state index is -1.89. The Balaban J connectivity index is 1.76. The van der Waals surface area contributed by atoms with Crippen molar-refractivity contribution in [2.75, 3.05) is 45.9 Å². The molecule has 0 saturated carbocycles. The van der Waals surface area contributed by atoms with E-state index in [4.69, 9.17) is 33.8 Å². The van der Waals surface area contributed by atoms with Gasteiger partial charge < -0.3 is 129 Å². The third kappa shape index (κ3) is 36.8. The number of carbonyl (C=O) groups excluding carboxylic acids is 15. The standard InChI is InChI=1S/C71H109N21O21/c1-38(2)59(71(113)90-52(31-57(98)99)67(109)82-39(3)60(102)85-49(23-24-54(76)95)65(107)80-35-58(100)101)92-56(97)34-79-64(106)46(16-8-11-25-72)87-68(110)50(29-41-14-6-5-7-15-41)84-55(96)33-78-63(105)47(17-9-12-26-73)88-69(111)51(30-43-32-77-37-81-43)89-61(103)40(4)83-70(112)53(36-93)91-66(108)48(18-10-13-27-74)86-62(104)45(75)28-42-19-21-44(94)22-20-42/h5-7,14-15,19-22,32,37-40,45-53,59,93-94H,8-13,16-18,23-31,33-36,72-75H2,1-4H3,(H2,76,95)(H,77,81)(H,78,105)(H,79,106)(H,80,107)(H,82,109)(H,83,112)(H,84,96)(H,85,102)(H,86,104)(H,87,110)(H,88,111)(H,89,103)(H,90,113)(H,91,108)(H,92,97)(H,98,99)(H,100,101)/t39-,40-,45-,46-,47-,48-,49-,50-,51-,52-,53-,59-/m0/s1. The predicted molar refractivity (Wildman–Crippen MR) is 403 cm³/mol. The van der Waals surface area contributed by atoms with E-state index in [0.29, 0.717) is 42.5 Å². The Bertz CT molecular complexity index is 3670. The van der Waals surface area contributed by atoms with E-state index in [1.54, 1.807) is 42.5 Å². The summed E-state index contributed by atoms with van der Waals surface area (Å²) in [4.78, 5) is 233. The SMILES string of the molecule is CC(C)[C@H](NC(=O)CNC(=O)[C@H](CCCCN)NC(=O)[C@H](Cc1ccccc1)NC(=O)CNC(=O)[C@H](CCCCN)NC(=O)[C@H](Cc1cnc[nH]1)NC(=O)[C@H](C)NC(=O)[C@H](CO)NC(=O)[C@H](CCCCN)NC(=O)[C@@H](N)Cc1ccc(O)cc1)C(=O)N[C@@H](CC(=O)O)C(=O)N[C@@H](C)C(=O)N[C@@H](CCC(N)=O)C(=O)NCC(=O)O. The van der Waals surface area contributed by atoms with E-state index in [1.807, 2.05) is 5.32 Å². The molecule has 15 amide bonds. The summed E-state index contributed by atoms with van der Waals surface area (Å²) in [6.07, 6.45) is 2.49. The Kier molecular flexibility index (Phi) is 43.0. The topological polar surface area (TPSA) is 698 Å². The average molecular weight is 1590 g/mol. The van der Waals surface area contributed by atoms with Crippen LogP contribution in [0.1, 0.15) is 122 Å². The highest BCUT2D eigenvalue weighted by atomic mass is 16.4. The Hall–Kier alpha value is -11.8. The molecule has 0 fully saturated rings. The van der Waals surface area contributed by atoms with Crippen molar-refractivity contribution in [3.63, 3.8) is 0 Å². The fourth-order valence-corrected chi connectivity index (χ4v) is 10.9. The van der Waals surface area contributed by atoms with Gasteiger partial charge >= 0.3 is 11.9 Å². The van der Waals surface area contributed by atoms with Gasteiger partial charge in [0, 0.05) is 31.2 Å². The number of hydrogen-bond donors (Lipinski definition) is 24. The van der Waals surface area contributed by atoms with Gasteiger partial charge in [0.05, 0.1) is 38.5 Å². The third-order valence-electron chi connectivity index (χ3n) is 17.2. The highest BCUT2D eigenvalue weighted by Crippen LogP contribution is 2.14. The first-order valence-electron chi connectivity index (χ1n) is 36.7. The number of H-pyrrole nitrogens is 1. The van der Waals surface area contributed by atoms with Gasteiger partial charge in [0.1, 0.15) is 78.8 Å². The number of hydrogen-bond acceptors (Lipinski definition) is 24. The average Bonchev–Trinajstić information content (AvgIpc) is 1.63. The highest BCUT2D eigenvalue weighted by molar-refractivity contribution is 6.00. The number of rotatable bonds is 54. The van der Waals surface area contributed by atoms with Crippen LogP contribution in [0.2, 0.25) is 0 Å². The minimum Gasteiger partial charge on any atom is -0.508 e. The molecule has 0 aliphatic carbocycles. The molecule has 29 N–H and O–H groups in total. The van der Waals surface area contributed by atoms with Crippen LogP contribution in [-0.4, -0.2) is 249 Å². The number of aromatic hydroxyl groups is 1. The number of primary amides is 1. The summed E-state index contributed by atoms with van der Waals surface area (Å²) in [5.74, 6) is -18.1. The number of aliphatic carboxylic acids is 2. The molecule has 0 bridgehead atoms. The Labute approximate surface area is 651 Å². The maximum Gasteiger partial charge on any atom is 0.322 e. The lowest BCUT2D eigenvalue weighted by Crippen LogP contribution is -2.60. The molecule has 0 unspecified atom stereocenters. The van der Waals surface area contributed by atoms with E-state index in [-0.39, 0.29) is 83.2 Å². The van der Waals surface area contributed by atoms with Gasteiger partial charge in [0.2, 0.25) is 88.6 Å². The predicted octanol–water partition coefficient (Wildman–Crippen LogP) is -7.95. The summed E-state index contributed by atoms with van der Waals surface area (Å²) in [7, 11) is 0. The molecule has 42 nitrogen and oxygen atoms in total. The maximum atomic E-state index is 14.4. The molecule has 12 atom stereocenters. The second-order valence-corrected chi connectivity index (χ2v) is 26.9. The van der Waals surface area contributed by atoms with E-state index >= 15 is 0 Å². The highest BCUT2D eigenvalue weighted by Gasteiger charge is 2.36. The number of phenolic OH excluding ortho intramolecular Hbond substituents is 1. The molecule has 1 aromatic heterocycles. The van der Waals surface area contributed by atoms with E-state index < -0.39 is 218 Å². The number of aromatic nitrogens is 2. The molecule has 0 spiro atoms. The Morgan fingerprint density at radius 3 is 1.31 bits per heavy atom. The first-order chi connectivity index (χ1) is 53.6. The third-order valence-corrected chi connectivity index (χ3v) is 17.2. The quantitative estimate of drug-likeness (QED) is 0.0233. The van der Waals surface area contributed by atoms with Gasteiger partial charge in [-0.25, -0.2) is 4.98 Å². The molecule has 624 valence electrons. The number of unbranched alkanes of at least 4 members (excludes halogenated alkanes) is 3. The number of nitrogens with two attached hydrogens (primary N) is 5. The number of carboxylic acid groups (broad SMARTS) is 2. The van der Waals surface area contributed by atoms with Crippen molar-refractivity contribution in [1.82, 2.24) is 84.4 Å². The maximum absolute atomic E-state index is 14.4. The van der Waals surface area contributed by atoms with Crippen molar-refractivity contribution in [2.45, 2.75) is 197 Å². The van der Waals surface area contributed by atoms with Gasteiger partial charge in [-0.15, -0.1) is 0 Å². The normalized spacial score (nSPS) is 14.2. The van der Waals surface area contributed by atoms with Crippen molar-refractivity contribution in [3.05, 3.63) is 83.9 Å². The molecule has 0 aliphatic heterocycles. The number of carbonyl (C=O) groups is 17. The van der Waals surface area contributed by atoms with Crippen LogP contribution in [0.4, 0.5) is 0 Å². The number of amides is 15. The molecule has 0 aliphatic rings. The van der Waals surface area contributed by atoms with Crippen molar-refractivity contribution in [1.29, 1.82) is 0 Å². The molecule has 113 heavy (non-hydrogen) atoms. The summed E-state index contributed by atoms with van der Waals surface area (Å²) in [5.41, 5.74) is 30.0.